The predicted molar refractivity (Wildman–Crippen MR) is 225 cm³/mol. The van der Waals surface area contributed by atoms with Gasteiger partial charge in [0.15, 0.2) is 17.6 Å². The van der Waals surface area contributed by atoms with E-state index in [9.17, 15) is 39.9 Å². The summed E-state index contributed by atoms with van der Waals surface area (Å²) in [6.07, 6.45) is 7.94. The first-order valence-electron chi connectivity index (χ1n) is 22.5. The monoisotopic (exact) mass is 954 g/mol. The molecule has 2 aromatic carbocycles. The Labute approximate surface area is 382 Å². The standard InChI is InChI=1S/C46H62N6O9.In/c53-36-12-11-32-25-37-46(60)26-34-33-7-3-4-8-35(33)52(42(34)44-45(46,41(32)43(36)61-44)13-16-51(37)27-31-9-10-31)15-6-2-1-5-14-47-17-19-48(28-38(54)55)21-23-50(30-40(58)59)24-22-49(20-18-47)29-39(56)57;/h3-4,7-8,11-12,31,37,44,53,60H,1-2,5-6,9-10,13-30H2,(H,54,55)(H,56,57)(H,58,59);/q;+3/p-3/t37-,44+,45+,46-;/m1./s1. The number of nitrogens with zero attached hydrogens (tertiary/aromatic N) is 6. The van der Waals surface area contributed by atoms with E-state index >= 15 is 0 Å². The van der Waals surface area contributed by atoms with Crippen molar-refractivity contribution in [3.63, 3.8) is 0 Å². The van der Waals surface area contributed by atoms with Crippen LogP contribution in [-0.4, -0.2) is 186 Å². The molecule has 2 N–H and O–H groups in total. The van der Waals surface area contributed by atoms with E-state index in [0.29, 0.717) is 70.4 Å². The molecule has 1 spiro atoms. The Morgan fingerprint density at radius 2 is 1.32 bits per heavy atom. The number of aromatic nitrogens is 1. The van der Waals surface area contributed by atoms with Crippen molar-refractivity contribution >= 4 is 54.7 Å². The van der Waals surface area contributed by atoms with Crippen molar-refractivity contribution in [1.82, 2.24) is 29.1 Å². The van der Waals surface area contributed by atoms with Crippen LogP contribution in [0.2, 0.25) is 0 Å². The molecule has 330 valence electrons. The third kappa shape index (κ3) is 8.61. The smallest absolute Gasteiger partial charge is 0.549 e. The maximum Gasteiger partial charge on any atom is 3.00 e. The molecule has 4 atom stereocenters. The van der Waals surface area contributed by atoms with Gasteiger partial charge in [-0.2, -0.15) is 0 Å². The van der Waals surface area contributed by atoms with Crippen LogP contribution in [0.4, 0.5) is 0 Å². The van der Waals surface area contributed by atoms with Gasteiger partial charge in [-0.05, 0) is 80.8 Å². The predicted octanol–water partition coefficient (Wildman–Crippen LogP) is -1.30. The molecule has 3 aliphatic carbocycles. The molecule has 3 fully saturated rings. The second kappa shape index (κ2) is 18.6. The SMILES string of the molecule is O=C([O-])CN1CCN(CCCCCCn2c3c(c4ccccc42)C[C@@]2(O)[C@H]4Cc5ccc(O)c6c5[C@@]2(CCN4CC2CC2)[C@H]3O6)CCN(CC(=O)[O-])CCN(CC(=O)[O-])CC1.[In+3]. The van der Waals surface area contributed by atoms with E-state index in [1.807, 2.05) is 0 Å². The number of phenols is 1. The zero-order valence-electron chi connectivity index (χ0n) is 35.7. The largest absolute Gasteiger partial charge is 3.00 e. The minimum absolute atomic E-state index is 0. The average Bonchev–Trinajstić information content (AvgIpc) is 3.89. The molecule has 2 bridgehead atoms. The third-order valence-electron chi connectivity index (χ3n) is 14.9. The van der Waals surface area contributed by atoms with E-state index in [1.165, 1.54) is 18.4 Å². The van der Waals surface area contributed by atoms with Crippen LogP contribution in [0.3, 0.4) is 0 Å². The maximum atomic E-state index is 13.3. The number of likely N-dealkylation sites (tertiary alicyclic amines) is 1. The summed E-state index contributed by atoms with van der Waals surface area (Å²) in [5.41, 5.74) is 3.96. The molecule has 16 heteroatoms. The fraction of sp³-hybridized carbons (Fsp3) is 0.630. The number of carboxylic acid groups (broad SMARTS) is 3. The summed E-state index contributed by atoms with van der Waals surface area (Å²) in [4.78, 5) is 44.7. The van der Waals surface area contributed by atoms with Gasteiger partial charge in [-0.1, -0.05) is 37.1 Å². The Morgan fingerprint density at radius 3 is 1.92 bits per heavy atom. The van der Waals surface area contributed by atoms with Crippen molar-refractivity contribution in [1.29, 1.82) is 0 Å². The second-order valence-corrected chi connectivity index (χ2v) is 18.7. The number of rotatable bonds is 15. The van der Waals surface area contributed by atoms with E-state index in [4.69, 9.17) is 4.74 Å². The quantitative estimate of drug-likeness (QED) is 0.171. The Balaban J connectivity index is 0.00000529. The molecule has 1 saturated carbocycles. The number of aromatic hydroxyl groups is 1. The summed E-state index contributed by atoms with van der Waals surface area (Å²) in [6.45, 7) is 5.90. The zero-order chi connectivity index (χ0) is 42.5. The molecule has 3 aliphatic heterocycles. The van der Waals surface area contributed by atoms with Crippen molar-refractivity contribution in [3.8, 4) is 11.5 Å². The molecule has 0 unspecified atom stereocenters. The molecule has 0 radical (unpaired) electrons. The van der Waals surface area contributed by atoms with E-state index < -0.39 is 35.0 Å². The molecule has 1 aromatic heterocycles. The minimum Gasteiger partial charge on any atom is -0.549 e. The van der Waals surface area contributed by atoms with Gasteiger partial charge in [0.1, 0.15) is 0 Å². The molecule has 0 amide bonds. The minimum atomic E-state index is -1.25. The van der Waals surface area contributed by atoms with Crippen LogP contribution in [0.5, 0.6) is 11.5 Å². The number of aliphatic hydroxyl groups is 1. The number of piperidine rings is 1. The molecule has 62 heavy (non-hydrogen) atoms. The Hall–Kier alpha value is -3.38. The number of ether oxygens (including phenoxy) is 1. The average molecular weight is 955 g/mol. The zero-order valence-corrected chi connectivity index (χ0v) is 39.0. The first-order chi connectivity index (χ1) is 29.4. The number of carbonyl (C=O) groups excluding carboxylic acids is 3. The van der Waals surface area contributed by atoms with Gasteiger partial charge < -0.3 is 54.1 Å². The van der Waals surface area contributed by atoms with Gasteiger partial charge in [-0.15, -0.1) is 0 Å². The summed E-state index contributed by atoms with van der Waals surface area (Å²) >= 11 is 0. The summed E-state index contributed by atoms with van der Waals surface area (Å²) in [5, 5.41) is 60.4. The van der Waals surface area contributed by atoms with Gasteiger partial charge >= 0.3 is 25.8 Å². The van der Waals surface area contributed by atoms with Crippen molar-refractivity contribution in [2.24, 2.45) is 5.92 Å². The Kier molecular flexibility index (Phi) is 13.6. The van der Waals surface area contributed by atoms with Gasteiger partial charge in [-0.3, -0.25) is 19.6 Å². The Bertz CT molecular complexity index is 2120. The number of aryl methyl sites for hydroxylation is 1. The fourth-order valence-electron chi connectivity index (χ4n) is 11.8. The van der Waals surface area contributed by atoms with Gasteiger partial charge in [0.05, 0.1) is 34.6 Å². The molecule has 2 saturated heterocycles. The van der Waals surface area contributed by atoms with Gasteiger partial charge in [0.25, 0.3) is 0 Å². The molecule has 9 rings (SSSR count). The number of aliphatic carboxylic acids is 3. The number of carboxylic acids is 3. The van der Waals surface area contributed by atoms with Crippen molar-refractivity contribution in [2.75, 3.05) is 91.6 Å². The summed E-state index contributed by atoms with van der Waals surface area (Å²) in [6, 6.07) is 12.3. The summed E-state index contributed by atoms with van der Waals surface area (Å²) in [7, 11) is 0. The number of hydrogen-bond acceptors (Lipinski definition) is 14. The number of fused-ring (bicyclic) bond motifs is 4. The Morgan fingerprint density at radius 1 is 0.742 bits per heavy atom. The van der Waals surface area contributed by atoms with Crippen LogP contribution in [-0.2, 0) is 39.2 Å². The van der Waals surface area contributed by atoms with E-state index in [-0.39, 0.29) is 57.3 Å². The van der Waals surface area contributed by atoms with E-state index in [0.717, 1.165) is 92.4 Å². The number of benzene rings is 2. The van der Waals surface area contributed by atoms with Crippen LogP contribution in [0.15, 0.2) is 36.4 Å². The third-order valence-corrected chi connectivity index (χ3v) is 14.9. The topological polar surface area (TPSA) is 191 Å². The molecule has 3 aromatic rings. The fourth-order valence-corrected chi connectivity index (χ4v) is 11.8. The molecular formula is C46H59InN6O9. The number of phenolic OH excluding ortho intramolecular Hbond substituents is 1. The number of carbonyl (C=O) groups is 3. The summed E-state index contributed by atoms with van der Waals surface area (Å²) < 4.78 is 9.42. The number of hydrogen-bond donors (Lipinski definition) is 2. The van der Waals surface area contributed by atoms with Gasteiger partial charge in [-0.25, -0.2) is 0 Å². The molecule has 6 aliphatic rings. The van der Waals surface area contributed by atoms with Crippen LogP contribution in [0.1, 0.15) is 73.4 Å². The van der Waals surface area contributed by atoms with Crippen LogP contribution in [0.25, 0.3) is 10.9 Å². The summed E-state index contributed by atoms with van der Waals surface area (Å²) in [5.74, 6) is -2.23. The molecular weight excluding hydrogens is 895 g/mol. The first-order valence-corrected chi connectivity index (χ1v) is 22.5. The first kappa shape index (κ1) is 45.2. The van der Waals surface area contributed by atoms with E-state index in [2.05, 4.69) is 44.7 Å². The van der Waals surface area contributed by atoms with Crippen LogP contribution in [0, 0.1) is 5.92 Å². The van der Waals surface area contributed by atoms with E-state index in [1.54, 1.807) is 20.8 Å². The number of unbranched alkanes of at least 4 members (excludes halogenated alkanes) is 3. The normalized spacial score (nSPS) is 27.0. The van der Waals surface area contributed by atoms with Crippen LogP contribution < -0.4 is 20.1 Å². The van der Waals surface area contributed by atoms with Gasteiger partial charge in [0.2, 0.25) is 0 Å². The molecule has 15 nitrogen and oxygen atoms in total. The number of para-hydroxylation sites is 1. The second-order valence-electron chi connectivity index (χ2n) is 18.7. The van der Waals surface area contributed by atoms with Crippen molar-refractivity contribution in [3.05, 3.63) is 58.8 Å². The van der Waals surface area contributed by atoms with Crippen LogP contribution >= 0.6 is 0 Å². The molecule has 4 heterocycles. The van der Waals surface area contributed by atoms with Crippen molar-refractivity contribution in [2.45, 2.75) is 87.5 Å². The van der Waals surface area contributed by atoms with Gasteiger partial charge in [0, 0.05) is 114 Å². The maximum absolute atomic E-state index is 13.3. The van der Waals surface area contributed by atoms with Crippen molar-refractivity contribution < 1.29 is 44.7 Å².